The van der Waals surface area contributed by atoms with Gasteiger partial charge in [0.1, 0.15) is 17.2 Å². The Balaban J connectivity index is 1.87. The lowest BCUT2D eigenvalue weighted by molar-refractivity contribution is -0.384. The van der Waals surface area contributed by atoms with Gasteiger partial charge in [-0.1, -0.05) is 31.4 Å². The normalized spacial score (nSPS) is 15.0. The first kappa shape index (κ1) is 22.1. The number of thiazole rings is 1. The number of methoxy groups -OCH3 is 2. The molecule has 1 aliphatic carbocycles. The zero-order valence-electron chi connectivity index (χ0n) is 18.3. The fourth-order valence-electron chi connectivity index (χ4n) is 4.27. The molecular weight excluding hydrogens is 426 g/mol. The van der Waals surface area contributed by atoms with Gasteiger partial charge in [-0.05, 0) is 43.0 Å². The van der Waals surface area contributed by atoms with Gasteiger partial charge in [0.05, 0.1) is 24.8 Å². The molecule has 0 bridgehead atoms. The van der Waals surface area contributed by atoms with E-state index in [1.807, 2.05) is 23.6 Å². The predicted octanol–water partition coefficient (Wildman–Crippen LogP) is 5.95. The van der Waals surface area contributed by atoms with Crippen LogP contribution in [-0.4, -0.2) is 23.7 Å². The van der Waals surface area contributed by atoms with Crippen molar-refractivity contribution in [3.8, 4) is 22.8 Å². The van der Waals surface area contributed by atoms with Crippen molar-refractivity contribution in [1.29, 1.82) is 0 Å². The summed E-state index contributed by atoms with van der Waals surface area (Å²) < 4.78 is 13.3. The summed E-state index contributed by atoms with van der Waals surface area (Å²) in [6, 6.07) is 12.4. The maximum atomic E-state index is 11.5. The number of nitrogens with zero attached hydrogens (tertiary/aromatic N) is 3. The summed E-state index contributed by atoms with van der Waals surface area (Å²) in [7, 11) is 3.30. The van der Waals surface area contributed by atoms with Crippen LogP contribution in [0.15, 0.2) is 52.8 Å². The SMILES string of the molecule is COc1ccc(OC)c(-c2csc(=Nc3ccccc3[N+](=O)[O-])n2CC2CCCCC2)c1. The molecule has 1 aliphatic rings. The van der Waals surface area contributed by atoms with Gasteiger partial charge in [0, 0.05) is 23.6 Å². The average molecular weight is 454 g/mol. The van der Waals surface area contributed by atoms with Gasteiger partial charge in [-0.3, -0.25) is 10.1 Å². The maximum absolute atomic E-state index is 11.5. The Bertz CT molecular complexity index is 1160. The number of aromatic nitrogens is 1. The molecule has 7 nitrogen and oxygen atoms in total. The number of hydrogen-bond donors (Lipinski definition) is 0. The molecule has 168 valence electrons. The van der Waals surface area contributed by atoms with Gasteiger partial charge in [0.15, 0.2) is 4.80 Å². The quantitative estimate of drug-likeness (QED) is 0.327. The Morgan fingerprint density at radius 2 is 1.91 bits per heavy atom. The smallest absolute Gasteiger partial charge is 0.294 e. The monoisotopic (exact) mass is 453 g/mol. The van der Waals surface area contributed by atoms with Crippen molar-refractivity contribution in [2.24, 2.45) is 10.9 Å². The van der Waals surface area contributed by atoms with Crippen LogP contribution in [0.25, 0.3) is 11.3 Å². The van der Waals surface area contributed by atoms with E-state index in [0.717, 1.165) is 34.1 Å². The standard InChI is InChI=1S/C24H27N3O4S/c1-30-18-12-13-23(31-2)19(14-18)22-16-32-24(26(22)15-17-8-4-3-5-9-17)25-20-10-6-7-11-21(20)27(28)29/h6-7,10-14,16-17H,3-5,8-9,15H2,1-2H3. The van der Waals surface area contributed by atoms with Crippen LogP contribution in [0.4, 0.5) is 11.4 Å². The first-order valence-corrected chi connectivity index (χ1v) is 11.7. The van der Waals surface area contributed by atoms with Gasteiger partial charge < -0.3 is 14.0 Å². The van der Waals surface area contributed by atoms with Crippen molar-refractivity contribution in [2.75, 3.05) is 14.2 Å². The second-order valence-electron chi connectivity index (χ2n) is 7.94. The molecule has 0 aliphatic heterocycles. The van der Waals surface area contributed by atoms with Crippen LogP contribution in [0.5, 0.6) is 11.5 Å². The van der Waals surface area contributed by atoms with Gasteiger partial charge >= 0.3 is 0 Å². The second kappa shape index (κ2) is 9.99. The average Bonchev–Trinajstić information content (AvgIpc) is 3.21. The van der Waals surface area contributed by atoms with Crippen LogP contribution in [0.2, 0.25) is 0 Å². The zero-order chi connectivity index (χ0) is 22.5. The Labute approximate surface area is 191 Å². The molecule has 0 saturated heterocycles. The van der Waals surface area contributed by atoms with Crippen LogP contribution in [-0.2, 0) is 6.54 Å². The van der Waals surface area contributed by atoms with Crippen molar-refractivity contribution >= 4 is 22.7 Å². The number of rotatable bonds is 7. The molecule has 1 aromatic heterocycles. The van der Waals surface area contributed by atoms with Crippen molar-refractivity contribution in [3.05, 3.63) is 62.8 Å². The minimum Gasteiger partial charge on any atom is -0.497 e. The number of para-hydroxylation sites is 2. The number of nitro groups is 1. The maximum Gasteiger partial charge on any atom is 0.294 e. The van der Waals surface area contributed by atoms with E-state index in [9.17, 15) is 10.1 Å². The van der Waals surface area contributed by atoms with Crippen LogP contribution in [0, 0.1) is 16.0 Å². The minimum atomic E-state index is -0.385. The molecule has 8 heteroatoms. The van der Waals surface area contributed by atoms with Crippen molar-refractivity contribution in [3.63, 3.8) is 0 Å². The summed E-state index contributed by atoms with van der Waals surface area (Å²) in [5.74, 6) is 2.05. The Kier molecular flexibility index (Phi) is 6.90. The molecule has 1 fully saturated rings. The molecule has 2 aromatic carbocycles. The lowest BCUT2D eigenvalue weighted by Gasteiger charge is -2.23. The van der Waals surface area contributed by atoms with E-state index in [2.05, 4.69) is 4.57 Å². The van der Waals surface area contributed by atoms with E-state index >= 15 is 0 Å². The van der Waals surface area contributed by atoms with Gasteiger partial charge in [0.25, 0.3) is 5.69 Å². The molecule has 0 atom stereocenters. The van der Waals surface area contributed by atoms with Crippen LogP contribution in [0.1, 0.15) is 32.1 Å². The third-order valence-electron chi connectivity index (χ3n) is 5.94. The molecule has 4 rings (SSSR count). The summed E-state index contributed by atoms with van der Waals surface area (Å²) >= 11 is 1.48. The summed E-state index contributed by atoms with van der Waals surface area (Å²) in [4.78, 5) is 16.6. The van der Waals surface area contributed by atoms with Crippen LogP contribution in [0.3, 0.4) is 0 Å². The molecule has 0 amide bonds. The lowest BCUT2D eigenvalue weighted by atomic mass is 9.89. The highest BCUT2D eigenvalue weighted by Crippen LogP contribution is 2.35. The molecule has 0 N–H and O–H groups in total. The third-order valence-corrected chi connectivity index (χ3v) is 6.80. The highest BCUT2D eigenvalue weighted by molar-refractivity contribution is 7.07. The van der Waals surface area contributed by atoms with E-state index < -0.39 is 0 Å². The van der Waals surface area contributed by atoms with Gasteiger partial charge in [-0.2, -0.15) is 0 Å². The molecule has 0 radical (unpaired) electrons. The van der Waals surface area contributed by atoms with Crippen molar-refractivity contribution < 1.29 is 14.4 Å². The summed E-state index contributed by atoms with van der Waals surface area (Å²) in [6.45, 7) is 0.818. The summed E-state index contributed by atoms with van der Waals surface area (Å²) in [5, 5.41) is 13.6. The topological polar surface area (TPSA) is 78.9 Å². The van der Waals surface area contributed by atoms with Crippen molar-refractivity contribution in [2.45, 2.75) is 38.6 Å². The highest BCUT2D eigenvalue weighted by atomic mass is 32.1. The fourth-order valence-corrected chi connectivity index (χ4v) is 5.19. The molecule has 32 heavy (non-hydrogen) atoms. The van der Waals surface area contributed by atoms with E-state index in [1.54, 1.807) is 32.4 Å². The third kappa shape index (κ3) is 4.70. The molecule has 1 saturated carbocycles. The largest absolute Gasteiger partial charge is 0.497 e. The van der Waals surface area contributed by atoms with E-state index in [1.165, 1.54) is 49.5 Å². The summed E-state index contributed by atoms with van der Waals surface area (Å²) in [5.41, 5.74) is 2.27. The van der Waals surface area contributed by atoms with E-state index in [4.69, 9.17) is 14.5 Å². The Hall–Kier alpha value is -3.13. The first-order valence-electron chi connectivity index (χ1n) is 10.8. The number of nitro benzene ring substituents is 1. The Morgan fingerprint density at radius 1 is 1.12 bits per heavy atom. The van der Waals surface area contributed by atoms with Gasteiger partial charge in [-0.25, -0.2) is 4.99 Å². The van der Waals surface area contributed by atoms with Crippen LogP contribution < -0.4 is 14.3 Å². The molecule has 0 unspecified atom stereocenters. The van der Waals surface area contributed by atoms with E-state index in [0.29, 0.717) is 11.6 Å². The van der Waals surface area contributed by atoms with Gasteiger partial charge in [0.2, 0.25) is 0 Å². The molecule has 1 heterocycles. The van der Waals surface area contributed by atoms with E-state index in [-0.39, 0.29) is 10.6 Å². The lowest BCUT2D eigenvalue weighted by Crippen LogP contribution is -2.23. The van der Waals surface area contributed by atoms with Crippen LogP contribution >= 0.6 is 11.3 Å². The fraction of sp³-hybridized carbons (Fsp3) is 0.375. The summed E-state index contributed by atoms with van der Waals surface area (Å²) in [6.07, 6.45) is 6.13. The van der Waals surface area contributed by atoms with Gasteiger partial charge in [-0.15, -0.1) is 11.3 Å². The second-order valence-corrected chi connectivity index (χ2v) is 8.78. The number of benzene rings is 2. The highest BCUT2D eigenvalue weighted by Gasteiger charge is 2.20. The zero-order valence-corrected chi connectivity index (χ0v) is 19.1. The molecule has 3 aromatic rings. The molecular formula is C24H27N3O4S. The Morgan fingerprint density at radius 3 is 2.62 bits per heavy atom. The molecule has 0 spiro atoms. The number of ether oxygens (including phenoxy) is 2. The minimum absolute atomic E-state index is 0.00521. The van der Waals surface area contributed by atoms with Crippen molar-refractivity contribution in [1.82, 2.24) is 4.57 Å². The number of hydrogen-bond acceptors (Lipinski definition) is 6. The predicted molar refractivity (Wildman–Crippen MR) is 126 cm³/mol. The first-order chi connectivity index (χ1) is 15.6.